The number of rotatable bonds is 5. The normalized spacial score (nSPS) is 20.8. The van der Waals surface area contributed by atoms with E-state index in [4.69, 9.17) is 4.43 Å². The van der Waals surface area contributed by atoms with E-state index in [2.05, 4.69) is 42.7 Å². The first kappa shape index (κ1) is 15.4. The van der Waals surface area contributed by atoms with Crippen LogP contribution >= 0.6 is 0 Å². The lowest BCUT2D eigenvalue weighted by molar-refractivity contribution is 0.216. The van der Waals surface area contributed by atoms with Gasteiger partial charge in [0.15, 0.2) is 8.32 Å². The molecule has 0 bridgehead atoms. The van der Waals surface area contributed by atoms with Crippen molar-refractivity contribution in [3.63, 3.8) is 0 Å². The summed E-state index contributed by atoms with van der Waals surface area (Å²) in [5.41, 5.74) is 0. The Labute approximate surface area is 109 Å². The van der Waals surface area contributed by atoms with Crippen LogP contribution in [0.25, 0.3) is 0 Å². The molecule has 0 amide bonds. The number of nitrogens with zero attached hydrogens (tertiary/aromatic N) is 2. The van der Waals surface area contributed by atoms with Crippen LogP contribution in [0.2, 0.25) is 38.3 Å². The van der Waals surface area contributed by atoms with Crippen molar-refractivity contribution < 1.29 is 4.43 Å². The molecule has 1 aliphatic heterocycles. The topological polar surface area (TPSA) is 15.7 Å². The summed E-state index contributed by atoms with van der Waals surface area (Å²) in [7, 11) is 1.55. The van der Waals surface area contributed by atoms with E-state index in [0.29, 0.717) is 0 Å². The molecule has 0 aromatic rings. The number of hydrogen-bond acceptors (Lipinski definition) is 3. The van der Waals surface area contributed by atoms with Gasteiger partial charge in [-0.3, -0.25) is 0 Å². The van der Waals surface area contributed by atoms with Crippen LogP contribution in [-0.2, 0) is 4.43 Å². The summed E-state index contributed by atoms with van der Waals surface area (Å²) in [6, 6.07) is 2.71. The van der Waals surface area contributed by atoms with Crippen molar-refractivity contribution in [1.82, 2.24) is 9.47 Å². The summed E-state index contributed by atoms with van der Waals surface area (Å²) in [6.07, 6.45) is 0. The van der Waals surface area contributed by atoms with Crippen LogP contribution in [0.5, 0.6) is 0 Å². The molecule has 1 saturated heterocycles. The van der Waals surface area contributed by atoms with Gasteiger partial charge in [-0.25, -0.2) is 0 Å². The van der Waals surface area contributed by atoms with Gasteiger partial charge in [0.05, 0.1) is 0 Å². The Balaban J connectivity index is 2.45. The summed E-state index contributed by atoms with van der Waals surface area (Å²) in [6.45, 7) is 14.7. The Kier molecular flexibility index (Phi) is 5.40. The van der Waals surface area contributed by atoms with Crippen molar-refractivity contribution in [2.24, 2.45) is 0 Å². The molecule has 0 atom stereocenters. The molecule has 17 heavy (non-hydrogen) atoms. The second kappa shape index (κ2) is 5.97. The minimum atomic E-state index is -1.37. The van der Waals surface area contributed by atoms with E-state index < -0.39 is 16.6 Å². The maximum Gasteiger partial charge on any atom is 0.185 e. The maximum atomic E-state index is 5.67. The lowest BCUT2D eigenvalue weighted by Crippen LogP contribution is -2.57. The highest BCUT2D eigenvalue weighted by atomic mass is 28.4. The summed E-state index contributed by atoms with van der Waals surface area (Å²) >= 11 is 0. The zero-order valence-electron chi connectivity index (χ0n) is 12.5. The highest BCUT2D eigenvalue weighted by molar-refractivity contribution is 6.78. The Morgan fingerprint density at radius 2 is 1.47 bits per heavy atom. The van der Waals surface area contributed by atoms with Crippen molar-refractivity contribution in [1.29, 1.82) is 0 Å². The predicted molar refractivity (Wildman–Crippen MR) is 80.7 cm³/mol. The van der Waals surface area contributed by atoms with Gasteiger partial charge < -0.3 is 13.9 Å². The van der Waals surface area contributed by atoms with E-state index in [9.17, 15) is 0 Å². The van der Waals surface area contributed by atoms with Gasteiger partial charge in [0.25, 0.3) is 0 Å². The Morgan fingerprint density at radius 3 is 1.94 bits per heavy atom. The van der Waals surface area contributed by atoms with Gasteiger partial charge in [-0.15, -0.1) is 0 Å². The molecule has 1 rings (SSSR count). The fourth-order valence-corrected chi connectivity index (χ4v) is 9.07. The smallest absolute Gasteiger partial charge is 0.185 e. The van der Waals surface area contributed by atoms with Gasteiger partial charge >= 0.3 is 0 Å². The van der Waals surface area contributed by atoms with Crippen molar-refractivity contribution in [2.45, 2.75) is 38.3 Å². The third kappa shape index (κ3) is 4.83. The van der Waals surface area contributed by atoms with Gasteiger partial charge in [0.1, 0.15) is 8.24 Å². The van der Waals surface area contributed by atoms with Crippen molar-refractivity contribution >= 4 is 16.6 Å². The molecule has 1 aliphatic rings. The van der Waals surface area contributed by atoms with E-state index in [1.165, 1.54) is 38.3 Å². The van der Waals surface area contributed by atoms with Crippen LogP contribution < -0.4 is 0 Å². The van der Waals surface area contributed by atoms with E-state index in [-0.39, 0.29) is 0 Å². The van der Waals surface area contributed by atoms with Crippen LogP contribution in [0.4, 0.5) is 0 Å². The minimum absolute atomic E-state index is 1.20. The van der Waals surface area contributed by atoms with Crippen LogP contribution in [0.3, 0.4) is 0 Å². The molecule has 3 nitrogen and oxygen atoms in total. The maximum absolute atomic E-state index is 5.67. The molecular weight excluding hydrogens is 244 g/mol. The molecule has 102 valence electrons. The number of likely N-dealkylation sites (N-methyl/N-ethyl adjacent to an activating group) is 1. The summed E-state index contributed by atoms with van der Waals surface area (Å²) in [5.74, 6) is 0. The summed E-state index contributed by atoms with van der Waals surface area (Å²) < 4.78 is 8.46. The van der Waals surface area contributed by atoms with Crippen LogP contribution in [-0.4, -0.2) is 66.4 Å². The first-order valence-corrected chi connectivity index (χ1v) is 13.0. The van der Waals surface area contributed by atoms with E-state index >= 15 is 0 Å². The van der Waals surface area contributed by atoms with Gasteiger partial charge in [0.2, 0.25) is 0 Å². The molecule has 0 unspecified atom stereocenters. The Hall–Kier alpha value is 0.314. The first-order chi connectivity index (χ1) is 7.77. The molecule has 0 aromatic carbocycles. The van der Waals surface area contributed by atoms with Gasteiger partial charge in [-0.2, -0.15) is 0 Å². The van der Waals surface area contributed by atoms with E-state index in [1.807, 2.05) is 7.11 Å². The number of piperazine rings is 1. The highest BCUT2D eigenvalue weighted by Crippen LogP contribution is 2.24. The highest BCUT2D eigenvalue weighted by Gasteiger charge is 2.33. The largest absolute Gasteiger partial charge is 0.420 e. The molecule has 5 heteroatoms. The fourth-order valence-electron chi connectivity index (χ4n) is 2.28. The van der Waals surface area contributed by atoms with Crippen LogP contribution in [0, 0.1) is 0 Å². The molecule has 0 N–H and O–H groups in total. The average Bonchev–Trinajstić information content (AvgIpc) is 2.27. The zero-order valence-corrected chi connectivity index (χ0v) is 14.5. The van der Waals surface area contributed by atoms with Crippen molar-refractivity contribution in [3.8, 4) is 0 Å². The average molecular weight is 275 g/mol. The van der Waals surface area contributed by atoms with Crippen LogP contribution in [0.1, 0.15) is 0 Å². The number of hydrogen-bond donors (Lipinski definition) is 0. The third-order valence-electron chi connectivity index (χ3n) is 4.25. The molecule has 1 fully saturated rings. The summed E-state index contributed by atoms with van der Waals surface area (Å²) in [5, 5.41) is 0. The standard InChI is InChI=1S/C12H30N2OSi2/c1-13-7-9-14(10-8-13)16(3,4)11-12-17(5,6)15-2/h7-12H2,1-6H3. The second-order valence-corrected chi connectivity index (χ2v) is 15.8. The first-order valence-electron chi connectivity index (χ1n) is 6.76. The van der Waals surface area contributed by atoms with E-state index in [1.54, 1.807) is 0 Å². The molecule has 0 radical (unpaired) electrons. The lowest BCUT2D eigenvalue weighted by Gasteiger charge is -2.43. The van der Waals surface area contributed by atoms with E-state index in [0.717, 1.165) is 0 Å². The zero-order chi connectivity index (χ0) is 13.1. The quantitative estimate of drug-likeness (QED) is 0.716. The summed E-state index contributed by atoms with van der Waals surface area (Å²) in [4.78, 5) is 2.44. The predicted octanol–water partition coefficient (Wildman–Crippen LogP) is 2.29. The van der Waals surface area contributed by atoms with Crippen LogP contribution in [0.15, 0.2) is 0 Å². The Morgan fingerprint density at radius 1 is 0.941 bits per heavy atom. The monoisotopic (exact) mass is 274 g/mol. The van der Waals surface area contributed by atoms with Gasteiger partial charge in [0, 0.05) is 33.3 Å². The molecule has 0 aromatic heterocycles. The molecular formula is C12H30N2OSi2. The Bertz CT molecular complexity index is 239. The minimum Gasteiger partial charge on any atom is -0.420 e. The van der Waals surface area contributed by atoms with Crippen molar-refractivity contribution in [2.75, 3.05) is 40.3 Å². The molecule has 0 saturated carbocycles. The second-order valence-electron chi connectivity index (χ2n) is 6.57. The molecule has 0 aliphatic carbocycles. The van der Waals surface area contributed by atoms with Crippen molar-refractivity contribution in [3.05, 3.63) is 0 Å². The SMILES string of the molecule is CO[Si](C)(C)CC[Si](C)(C)N1CCN(C)CC1. The lowest BCUT2D eigenvalue weighted by atomic mass is 10.4. The molecule has 1 heterocycles. The molecule has 0 spiro atoms. The van der Waals surface area contributed by atoms with Gasteiger partial charge in [-0.05, 0) is 32.2 Å². The third-order valence-corrected chi connectivity index (χ3v) is 10.9. The fraction of sp³-hybridized carbons (Fsp3) is 1.00. The van der Waals surface area contributed by atoms with Gasteiger partial charge in [-0.1, -0.05) is 13.1 Å².